The fourth-order valence-electron chi connectivity index (χ4n) is 2.41. The minimum atomic E-state index is -1.01. The zero-order valence-corrected chi connectivity index (χ0v) is 9.55. The Balaban J connectivity index is 2.20. The van der Waals surface area contributed by atoms with E-state index in [0.717, 1.165) is 23.2 Å². The molecular weight excluding hydrogens is 236 g/mol. The van der Waals surface area contributed by atoms with E-state index in [1.165, 1.54) is 4.68 Å². The Morgan fingerprint density at radius 1 is 1.50 bits per heavy atom. The number of hydrogen-bond acceptors (Lipinski definition) is 4. The summed E-state index contributed by atoms with van der Waals surface area (Å²) in [7, 11) is 0. The highest BCUT2D eigenvalue weighted by atomic mass is 16.4. The number of nitrogens with one attached hydrogen (secondary N) is 1. The Bertz CT molecular complexity index is 614. The lowest BCUT2D eigenvalue weighted by molar-refractivity contribution is 0.0680. The lowest BCUT2D eigenvalue weighted by Gasteiger charge is -2.09. The third-order valence-corrected chi connectivity index (χ3v) is 3.16. The van der Waals surface area contributed by atoms with E-state index < -0.39 is 5.97 Å². The SMILES string of the molecule is O=C(O)c1c2c(nn1CCO)-c1cn[nH]c1CC2. The van der Waals surface area contributed by atoms with Crippen molar-refractivity contribution >= 4 is 5.97 Å². The second kappa shape index (κ2) is 3.95. The first-order chi connectivity index (χ1) is 8.72. The molecule has 7 nitrogen and oxygen atoms in total. The molecule has 0 atom stereocenters. The van der Waals surface area contributed by atoms with Crippen molar-refractivity contribution in [3.8, 4) is 11.3 Å². The highest BCUT2D eigenvalue weighted by Gasteiger charge is 2.28. The molecule has 0 saturated heterocycles. The van der Waals surface area contributed by atoms with E-state index in [-0.39, 0.29) is 18.8 Å². The second-order valence-electron chi connectivity index (χ2n) is 4.19. The average Bonchev–Trinajstić information content (AvgIpc) is 2.90. The first-order valence-electron chi connectivity index (χ1n) is 5.68. The molecule has 2 aromatic heterocycles. The Morgan fingerprint density at radius 2 is 2.33 bits per heavy atom. The summed E-state index contributed by atoms with van der Waals surface area (Å²) in [5.41, 5.74) is 3.40. The minimum Gasteiger partial charge on any atom is -0.477 e. The van der Waals surface area contributed by atoms with Crippen molar-refractivity contribution in [3.05, 3.63) is 23.1 Å². The van der Waals surface area contributed by atoms with E-state index in [9.17, 15) is 9.90 Å². The zero-order chi connectivity index (χ0) is 12.7. The van der Waals surface area contributed by atoms with Gasteiger partial charge in [0.2, 0.25) is 0 Å². The summed E-state index contributed by atoms with van der Waals surface area (Å²) in [5, 5.41) is 29.4. The fourth-order valence-corrected chi connectivity index (χ4v) is 2.41. The molecule has 0 unspecified atom stereocenters. The van der Waals surface area contributed by atoms with Crippen LogP contribution in [0.2, 0.25) is 0 Å². The quantitative estimate of drug-likeness (QED) is 0.712. The number of aromatic carboxylic acids is 1. The van der Waals surface area contributed by atoms with Crippen LogP contribution >= 0.6 is 0 Å². The number of aromatic nitrogens is 4. The summed E-state index contributed by atoms with van der Waals surface area (Å²) >= 11 is 0. The molecule has 3 N–H and O–H groups in total. The van der Waals surface area contributed by atoms with E-state index in [0.29, 0.717) is 12.1 Å². The van der Waals surface area contributed by atoms with Crippen molar-refractivity contribution in [2.75, 3.05) is 6.61 Å². The monoisotopic (exact) mass is 248 g/mol. The van der Waals surface area contributed by atoms with Crippen LogP contribution in [0.3, 0.4) is 0 Å². The van der Waals surface area contributed by atoms with Crippen LogP contribution < -0.4 is 0 Å². The van der Waals surface area contributed by atoms with Crippen LogP contribution in [0.15, 0.2) is 6.20 Å². The summed E-state index contributed by atoms with van der Waals surface area (Å²) in [6.45, 7) is 0.0426. The van der Waals surface area contributed by atoms with Crippen molar-refractivity contribution in [2.24, 2.45) is 0 Å². The van der Waals surface area contributed by atoms with Crippen LogP contribution in [0, 0.1) is 0 Å². The van der Waals surface area contributed by atoms with Crippen molar-refractivity contribution in [1.29, 1.82) is 0 Å². The Labute approximate surface area is 102 Å². The molecule has 3 rings (SSSR count). The second-order valence-corrected chi connectivity index (χ2v) is 4.19. The van der Waals surface area contributed by atoms with Gasteiger partial charge in [0.1, 0.15) is 5.69 Å². The van der Waals surface area contributed by atoms with E-state index >= 15 is 0 Å². The van der Waals surface area contributed by atoms with Gasteiger partial charge in [-0.15, -0.1) is 0 Å². The predicted molar refractivity (Wildman–Crippen MR) is 61.3 cm³/mol. The lowest BCUT2D eigenvalue weighted by atomic mass is 9.94. The number of aryl methyl sites for hydroxylation is 1. The molecule has 0 radical (unpaired) electrons. The number of carbonyl (C=O) groups is 1. The van der Waals surface area contributed by atoms with Gasteiger partial charge in [0.05, 0.1) is 25.0 Å². The van der Waals surface area contributed by atoms with Gasteiger partial charge in [-0.2, -0.15) is 10.2 Å². The van der Waals surface area contributed by atoms with Gasteiger partial charge in [-0.05, 0) is 12.8 Å². The van der Waals surface area contributed by atoms with Gasteiger partial charge >= 0.3 is 5.97 Å². The maximum atomic E-state index is 11.3. The van der Waals surface area contributed by atoms with Crippen molar-refractivity contribution in [3.63, 3.8) is 0 Å². The van der Waals surface area contributed by atoms with Gasteiger partial charge < -0.3 is 10.2 Å². The summed E-state index contributed by atoms with van der Waals surface area (Å²) < 4.78 is 1.36. The number of carboxylic acids is 1. The van der Waals surface area contributed by atoms with E-state index in [1.807, 2.05) is 0 Å². The lowest BCUT2D eigenvalue weighted by Crippen LogP contribution is -2.14. The number of carboxylic acid groups (broad SMARTS) is 1. The highest BCUT2D eigenvalue weighted by molar-refractivity contribution is 5.90. The summed E-state index contributed by atoms with van der Waals surface area (Å²) in [6, 6.07) is 0. The number of H-pyrrole nitrogens is 1. The van der Waals surface area contributed by atoms with Gasteiger partial charge in [-0.1, -0.05) is 0 Å². The van der Waals surface area contributed by atoms with E-state index in [2.05, 4.69) is 15.3 Å². The standard InChI is InChI=1S/C11H12N4O3/c16-4-3-15-10(11(17)18)6-1-2-8-7(5-12-13-8)9(6)14-15/h5,16H,1-4H2,(H,12,13)(H,17,18). The maximum absolute atomic E-state index is 11.3. The van der Waals surface area contributed by atoms with Crippen molar-refractivity contribution in [1.82, 2.24) is 20.0 Å². The summed E-state index contributed by atoms with van der Waals surface area (Å²) in [4.78, 5) is 11.3. The normalized spacial score (nSPS) is 13.2. The number of aliphatic hydroxyl groups is 1. The number of nitrogens with zero attached hydrogens (tertiary/aromatic N) is 3. The molecule has 1 aliphatic carbocycles. The van der Waals surface area contributed by atoms with Gasteiger partial charge in [0.15, 0.2) is 0 Å². The molecule has 0 amide bonds. The molecular formula is C11H12N4O3. The topological polar surface area (TPSA) is 104 Å². The van der Waals surface area contributed by atoms with Crippen molar-refractivity contribution in [2.45, 2.75) is 19.4 Å². The van der Waals surface area contributed by atoms with Crippen LogP contribution in [-0.2, 0) is 19.4 Å². The first kappa shape index (κ1) is 11.0. The molecule has 0 bridgehead atoms. The first-order valence-corrected chi connectivity index (χ1v) is 5.68. The minimum absolute atomic E-state index is 0.140. The zero-order valence-electron chi connectivity index (χ0n) is 9.55. The molecule has 0 fully saturated rings. The Morgan fingerprint density at radius 3 is 3.06 bits per heavy atom. The molecule has 2 aromatic rings. The molecule has 1 aliphatic rings. The predicted octanol–water partition coefficient (Wildman–Crippen LogP) is 0.0623. The number of aliphatic hydroxyl groups excluding tert-OH is 1. The fraction of sp³-hybridized carbons (Fsp3) is 0.364. The third-order valence-electron chi connectivity index (χ3n) is 3.16. The van der Waals surface area contributed by atoms with Crippen LogP contribution in [0.5, 0.6) is 0 Å². The maximum Gasteiger partial charge on any atom is 0.354 e. The Kier molecular flexibility index (Phi) is 2.41. The molecule has 7 heteroatoms. The number of fused-ring (bicyclic) bond motifs is 3. The summed E-state index contributed by atoms with van der Waals surface area (Å²) in [6.07, 6.45) is 3.01. The van der Waals surface area contributed by atoms with Gasteiger partial charge in [-0.25, -0.2) is 4.79 Å². The molecule has 2 heterocycles. The van der Waals surface area contributed by atoms with Crippen LogP contribution in [-0.4, -0.2) is 42.8 Å². The molecule has 18 heavy (non-hydrogen) atoms. The van der Waals surface area contributed by atoms with Gasteiger partial charge in [-0.3, -0.25) is 9.78 Å². The van der Waals surface area contributed by atoms with E-state index in [4.69, 9.17) is 5.11 Å². The molecule has 0 saturated carbocycles. The highest BCUT2D eigenvalue weighted by Crippen LogP contribution is 2.33. The average molecular weight is 248 g/mol. The van der Waals surface area contributed by atoms with Crippen molar-refractivity contribution < 1.29 is 15.0 Å². The Hall–Kier alpha value is -2.15. The molecule has 0 aromatic carbocycles. The van der Waals surface area contributed by atoms with Gasteiger partial charge in [0, 0.05) is 16.8 Å². The largest absolute Gasteiger partial charge is 0.477 e. The number of aromatic amines is 1. The smallest absolute Gasteiger partial charge is 0.354 e. The van der Waals surface area contributed by atoms with E-state index in [1.54, 1.807) is 6.20 Å². The number of hydrogen-bond donors (Lipinski definition) is 3. The number of rotatable bonds is 3. The molecule has 94 valence electrons. The molecule has 0 aliphatic heterocycles. The summed E-state index contributed by atoms with van der Waals surface area (Å²) in [5.74, 6) is -1.01. The van der Waals surface area contributed by atoms with Crippen LogP contribution in [0.25, 0.3) is 11.3 Å². The van der Waals surface area contributed by atoms with Gasteiger partial charge in [0.25, 0.3) is 0 Å². The van der Waals surface area contributed by atoms with Crippen LogP contribution in [0.4, 0.5) is 0 Å². The molecule has 0 spiro atoms. The van der Waals surface area contributed by atoms with Crippen LogP contribution in [0.1, 0.15) is 21.7 Å². The third kappa shape index (κ3) is 1.44.